The van der Waals surface area contributed by atoms with Gasteiger partial charge in [-0.15, -0.1) is 0 Å². The van der Waals surface area contributed by atoms with Gasteiger partial charge in [0.25, 0.3) is 10.1 Å². The Morgan fingerprint density at radius 2 is 2.00 bits per heavy atom. The van der Waals surface area contributed by atoms with Gasteiger partial charge in [-0.3, -0.25) is 4.55 Å². The highest BCUT2D eigenvalue weighted by molar-refractivity contribution is 7.85. The fraction of sp³-hybridized carbons (Fsp3) is 1.00. The average molecular weight is 154 g/mol. The molecule has 0 saturated heterocycles. The Bertz CT molecular complexity index is 159. The van der Waals surface area contributed by atoms with Gasteiger partial charge in [-0.1, -0.05) is 6.92 Å². The van der Waals surface area contributed by atoms with Crippen LogP contribution >= 0.6 is 0 Å². The summed E-state index contributed by atoms with van der Waals surface area (Å²) in [4.78, 5) is 0. The second-order valence-corrected chi connectivity index (χ2v) is 3.53. The van der Waals surface area contributed by atoms with E-state index in [1.54, 1.807) is 0 Å². The van der Waals surface area contributed by atoms with E-state index in [4.69, 9.17) is 9.66 Å². The van der Waals surface area contributed by atoms with Gasteiger partial charge >= 0.3 is 0 Å². The van der Waals surface area contributed by atoms with Crippen LogP contribution in [0.5, 0.6) is 0 Å². The lowest BCUT2D eigenvalue weighted by molar-refractivity contribution is 0.247. The summed E-state index contributed by atoms with van der Waals surface area (Å²) in [6.07, 6.45) is 0. The molecule has 0 aromatic rings. The number of aliphatic hydroxyl groups is 1. The van der Waals surface area contributed by atoms with Crippen molar-refractivity contribution in [3.63, 3.8) is 0 Å². The summed E-state index contributed by atoms with van der Waals surface area (Å²) < 4.78 is 28.3. The molecule has 0 unspecified atom stereocenters. The normalized spacial score (nSPS) is 15.4. The van der Waals surface area contributed by atoms with Gasteiger partial charge in [-0.05, 0) is 5.92 Å². The van der Waals surface area contributed by atoms with Crippen molar-refractivity contribution in [2.75, 3.05) is 12.4 Å². The van der Waals surface area contributed by atoms with Gasteiger partial charge in [0.2, 0.25) is 0 Å². The third-order valence-electron chi connectivity index (χ3n) is 0.807. The standard InChI is InChI=1S/C4H10O4S/c1-4(2-5)3-9(6,7)8/h4-5H,2-3H2,1H3,(H,6,7,8)/t4-/m1/s1. The van der Waals surface area contributed by atoms with Crippen molar-refractivity contribution in [1.29, 1.82) is 0 Å². The molecule has 0 amide bonds. The topological polar surface area (TPSA) is 74.6 Å². The lowest BCUT2D eigenvalue weighted by atomic mass is 10.2. The van der Waals surface area contributed by atoms with E-state index in [9.17, 15) is 8.42 Å². The van der Waals surface area contributed by atoms with Crippen LogP contribution in [0, 0.1) is 5.92 Å². The molecule has 9 heavy (non-hydrogen) atoms. The second kappa shape index (κ2) is 3.14. The van der Waals surface area contributed by atoms with Gasteiger partial charge in [-0.25, -0.2) is 0 Å². The molecule has 0 rings (SSSR count). The van der Waals surface area contributed by atoms with Gasteiger partial charge in [-0.2, -0.15) is 8.42 Å². The molecule has 56 valence electrons. The first kappa shape index (κ1) is 8.87. The summed E-state index contributed by atoms with van der Waals surface area (Å²) in [5.74, 6) is -0.760. The monoisotopic (exact) mass is 154 g/mol. The molecule has 0 saturated carbocycles. The molecule has 0 heterocycles. The maximum Gasteiger partial charge on any atom is 0.265 e. The van der Waals surface area contributed by atoms with Crippen molar-refractivity contribution in [2.24, 2.45) is 5.92 Å². The minimum atomic E-state index is -3.90. The van der Waals surface area contributed by atoms with Gasteiger partial charge in [0, 0.05) is 6.61 Å². The van der Waals surface area contributed by atoms with Gasteiger partial charge in [0.1, 0.15) is 0 Å². The molecule has 2 N–H and O–H groups in total. The molecule has 1 atom stereocenters. The first-order valence-corrected chi connectivity index (χ1v) is 4.12. The number of aliphatic hydroxyl groups excluding tert-OH is 1. The summed E-state index contributed by atoms with van der Waals surface area (Å²) in [7, 11) is -3.90. The molecule has 0 aromatic heterocycles. The SMILES string of the molecule is C[C@H](CO)CS(=O)(=O)O. The molecule has 0 aliphatic rings. The highest BCUT2D eigenvalue weighted by Gasteiger charge is 2.10. The quantitative estimate of drug-likeness (QED) is 0.537. The summed E-state index contributed by atoms with van der Waals surface area (Å²) in [5.41, 5.74) is 0. The maximum atomic E-state index is 10.0. The van der Waals surface area contributed by atoms with Gasteiger partial charge < -0.3 is 5.11 Å². The van der Waals surface area contributed by atoms with Crippen LogP contribution in [0.25, 0.3) is 0 Å². The van der Waals surface area contributed by atoms with E-state index in [-0.39, 0.29) is 18.3 Å². The summed E-state index contributed by atoms with van der Waals surface area (Å²) in [6, 6.07) is 0. The van der Waals surface area contributed by atoms with Crippen molar-refractivity contribution in [3.05, 3.63) is 0 Å². The zero-order valence-corrected chi connectivity index (χ0v) is 5.93. The molecule has 4 nitrogen and oxygen atoms in total. The molecule has 0 radical (unpaired) electrons. The molecule has 0 aromatic carbocycles. The average Bonchev–Trinajstić information content (AvgIpc) is 1.62. The second-order valence-electron chi connectivity index (χ2n) is 2.04. The fourth-order valence-electron chi connectivity index (χ4n) is 0.412. The minimum absolute atomic E-state index is 0.222. The van der Waals surface area contributed by atoms with Crippen LogP contribution in [0.2, 0.25) is 0 Å². The zero-order chi connectivity index (χ0) is 7.49. The van der Waals surface area contributed by atoms with Crippen molar-refractivity contribution in [2.45, 2.75) is 6.92 Å². The molecule has 0 fully saturated rings. The first-order valence-electron chi connectivity index (χ1n) is 2.51. The van der Waals surface area contributed by atoms with Crippen LogP contribution in [0.15, 0.2) is 0 Å². The first-order chi connectivity index (χ1) is 3.95. The molecule has 0 bridgehead atoms. The Morgan fingerprint density at radius 3 is 2.11 bits per heavy atom. The van der Waals surface area contributed by atoms with Crippen LogP contribution in [-0.4, -0.2) is 30.4 Å². The van der Waals surface area contributed by atoms with Crippen molar-refractivity contribution >= 4 is 10.1 Å². The molecule has 0 spiro atoms. The predicted molar refractivity (Wildman–Crippen MR) is 32.7 cm³/mol. The van der Waals surface area contributed by atoms with Gasteiger partial charge in [0.05, 0.1) is 5.75 Å². The Morgan fingerprint density at radius 1 is 1.56 bits per heavy atom. The largest absolute Gasteiger partial charge is 0.396 e. The van der Waals surface area contributed by atoms with Crippen molar-refractivity contribution < 1.29 is 18.1 Å². The lowest BCUT2D eigenvalue weighted by Crippen LogP contribution is -2.15. The fourth-order valence-corrected chi connectivity index (χ4v) is 1.24. The summed E-state index contributed by atoms with van der Waals surface area (Å²) in [6.45, 7) is 1.31. The number of rotatable bonds is 3. The molecular formula is C4H10O4S. The summed E-state index contributed by atoms with van der Waals surface area (Å²) >= 11 is 0. The number of hydrogen-bond acceptors (Lipinski definition) is 3. The third-order valence-corrected chi connectivity index (χ3v) is 1.80. The van der Waals surface area contributed by atoms with Crippen LogP contribution in [0.1, 0.15) is 6.92 Å². The molecule has 0 aliphatic heterocycles. The van der Waals surface area contributed by atoms with E-state index in [0.29, 0.717) is 0 Å². The van der Waals surface area contributed by atoms with Crippen LogP contribution < -0.4 is 0 Å². The number of hydrogen-bond donors (Lipinski definition) is 2. The smallest absolute Gasteiger partial charge is 0.265 e. The summed E-state index contributed by atoms with van der Waals surface area (Å²) in [5, 5.41) is 8.32. The molecule has 0 aliphatic carbocycles. The van der Waals surface area contributed by atoms with Gasteiger partial charge in [0.15, 0.2) is 0 Å². The predicted octanol–water partition coefficient (Wildman–Crippen LogP) is -0.497. The molecule has 5 heteroatoms. The Balaban J connectivity index is 3.75. The van der Waals surface area contributed by atoms with E-state index in [1.807, 2.05) is 0 Å². The van der Waals surface area contributed by atoms with E-state index in [1.165, 1.54) is 6.92 Å². The Labute approximate surface area is 54.3 Å². The zero-order valence-electron chi connectivity index (χ0n) is 5.11. The van der Waals surface area contributed by atoms with Crippen LogP contribution in [-0.2, 0) is 10.1 Å². The van der Waals surface area contributed by atoms with E-state index < -0.39 is 10.1 Å². The molecular weight excluding hydrogens is 144 g/mol. The van der Waals surface area contributed by atoms with E-state index in [2.05, 4.69) is 0 Å². The van der Waals surface area contributed by atoms with Crippen molar-refractivity contribution in [1.82, 2.24) is 0 Å². The minimum Gasteiger partial charge on any atom is -0.396 e. The van der Waals surface area contributed by atoms with Crippen molar-refractivity contribution in [3.8, 4) is 0 Å². The Kier molecular flexibility index (Phi) is 3.10. The van der Waals surface area contributed by atoms with E-state index in [0.717, 1.165) is 0 Å². The highest BCUT2D eigenvalue weighted by atomic mass is 32.2. The van der Waals surface area contributed by atoms with Crippen LogP contribution in [0.3, 0.4) is 0 Å². The Hall–Kier alpha value is -0.130. The highest BCUT2D eigenvalue weighted by Crippen LogP contribution is 1.96. The maximum absolute atomic E-state index is 10.0. The lowest BCUT2D eigenvalue weighted by Gasteiger charge is -2.02. The van der Waals surface area contributed by atoms with E-state index >= 15 is 0 Å². The van der Waals surface area contributed by atoms with Crippen LogP contribution in [0.4, 0.5) is 0 Å². The third kappa shape index (κ3) is 5.75.